The summed E-state index contributed by atoms with van der Waals surface area (Å²) in [7, 11) is 2.97. The normalized spacial score (nSPS) is 10.3. The van der Waals surface area contributed by atoms with Gasteiger partial charge in [0.1, 0.15) is 17.3 Å². The Morgan fingerprint density at radius 3 is 2.48 bits per heavy atom. The number of ether oxygens (including phenoxy) is 2. The van der Waals surface area contributed by atoms with Gasteiger partial charge in [-0.1, -0.05) is 11.6 Å². The second kappa shape index (κ2) is 6.45. The van der Waals surface area contributed by atoms with Crippen LogP contribution in [0.3, 0.4) is 0 Å². The van der Waals surface area contributed by atoms with Gasteiger partial charge in [0.2, 0.25) is 0 Å². The number of ketones is 1. The lowest BCUT2D eigenvalue weighted by Crippen LogP contribution is -2.06. The van der Waals surface area contributed by atoms with Crippen LogP contribution in [-0.4, -0.2) is 20.0 Å². The van der Waals surface area contributed by atoms with E-state index in [1.807, 2.05) is 0 Å². The molecule has 0 radical (unpaired) electrons. The van der Waals surface area contributed by atoms with Crippen molar-refractivity contribution in [3.8, 4) is 11.5 Å². The molecule has 0 aliphatic rings. The lowest BCUT2D eigenvalue weighted by atomic mass is 10.0. The molecule has 0 aromatic heterocycles. The number of halogens is 3. The summed E-state index contributed by atoms with van der Waals surface area (Å²) >= 11 is 9.04. The minimum atomic E-state index is -0.575. The minimum absolute atomic E-state index is 0.107. The Balaban J connectivity index is 2.54. The maximum absolute atomic E-state index is 13.2. The van der Waals surface area contributed by atoms with E-state index in [2.05, 4.69) is 15.9 Å². The molecule has 0 N–H and O–H groups in total. The summed E-state index contributed by atoms with van der Waals surface area (Å²) in [6.45, 7) is 0. The molecule has 3 nitrogen and oxygen atoms in total. The van der Waals surface area contributed by atoms with Gasteiger partial charge in [-0.15, -0.1) is 0 Å². The molecule has 0 fully saturated rings. The number of hydrogen-bond acceptors (Lipinski definition) is 3. The molecule has 0 saturated carbocycles. The summed E-state index contributed by atoms with van der Waals surface area (Å²) in [4.78, 5) is 12.6. The molecule has 2 aromatic carbocycles. The molecule has 0 bridgehead atoms. The SMILES string of the molecule is COc1cc(Br)c(C(=O)c2ccc(F)c(Cl)c2)c(OC)c1. The largest absolute Gasteiger partial charge is 0.497 e. The van der Waals surface area contributed by atoms with Gasteiger partial charge in [-0.2, -0.15) is 0 Å². The Hall–Kier alpha value is -1.59. The van der Waals surface area contributed by atoms with E-state index in [0.29, 0.717) is 21.5 Å². The van der Waals surface area contributed by atoms with Crippen LogP contribution in [0.15, 0.2) is 34.8 Å². The van der Waals surface area contributed by atoms with Crippen molar-refractivity contribution in [3.63, 3.8) is 0 Å². The van der Waals surface area contributed by atoms with E-state index in [0.717, 1.165) is 6.07 Å². The van der Waals surface area contributed by atoms with Gasteiger partial charge < -0.3 is 9.47 Å². The maximum atomic E-state index is 13.2. The third-order valence-electron chi connectivity index (χ3n) is 2.89. The van der Waals surface area contributed by atoms with E-state index in [1.165, 1.54) is 26.4 Å². The summed E-state index contributed by atoms with van der Waals surface area (Å²) in [5.74, 6) is -0.00339. The average Bonchev–Trinajstić information content (AvgIpc) is 2.48. The van der Waals surface area contributed by atoms with Crippen molar-refractivity contribution < 1.29 is 18.7 Å². The van der Waals surface area contributed by atoms with Crippen molar-refractivity contribution in [1.29, 1.82) is 0 Å². The third-order valence-corrected chi connectivity index (χ3v) is 3.81. The Morgan fingerprint density at radius 1 is 1.19 bits per heavy atom. The molecule has 110 valence electrons. The molecule has 0 saturated heterocycles. The highest BCUT2D eigenvalue weighted by Gasteiger charge is 2.20. The molecule has 0 aliphatic carbocycles. The molecule has 21 heavy (non-hydrogen) atoms. The van der Waals surface area contributed by atoms with Gasteiger partial charge in [0.15, 0.2) is 5.78 Å². The van der Waals surface area contributed by atoms with Crippen molar-refractivity contribution in [2.75, 3.05) is 14.2 Å². The average molecular weight is 374 g/mol. The van der Waals surface area contributed by atoms with E-state index in [1.54, 1.807) is 12.1 Å². The first kappa shape index (κ1) is 15.8. The fourth-order valence-corrected chi connectivity index (χ4v) is 2.62. The first-order valence-corrected chi connectivity index (χ1v) is 7.06. The first-order chi connectivity index (χ1) is 9.97. The highest BCUT2D eigenvalue weighted by atomic mass is 79.9. The molecule has 6 heteroatoms. The van der Waals surface area contributed by atoms with Crippen LogP contribution in [0.1, 0.15) is 15.9 Å². The predicted molar refractivity (Wildman–Crippen MR) is 82.1 cm³/mol. The summed E-state index contributed by atoms with van der Waals surface area (Å²) in [6, 6.07) is 7.07. The van der Waals surface area contributed by atoms with E-state index in [4.69, 9.17) is 21.1 Å². The fourth-order valence-electron chi connectivity index (χ4n) is 1.84. The van der Waals surface area contributed by atoms with Gasteiger partial charge >= 0.3 is 0 Å². The van der Waals surface area contributed by atoms with Crippen molar-refractivity contribution >= 4 is 33.3 Å². The summed E-state index contributed by atoms with van der Waals surface area (Å²) < 4.78 is 24.1. The van der Waals surface area contributed by atoms with E-state index in [-0.39, 0.29) is 16.4 Å². The molecule has 0 heterocycles. The second-order valence-corrected chi connectivity index (χ2v) is 5.41. The molecular formula is C15H11BrClFO3. The zero-order valence-electron chi connectivity index (χ0n) is 11.2. The standard InChI is InChI=1S/C15H11BrClFO3/c1-20-9-6-10(16)14(13(7-9)21-2)15(19)8-3-4-12(18)11(17)5-8/h3-7H,1-2H3. The predicted octanol–water partition coefficient (Wildman–Crippen LogP) is 4.49. The number of carbonyl (C=O) groups excluding carboxylic acids is 1. The van der Waals surface area contributed by atoms with E-state index in [9.17, 15) is 9.18 Å². The topological polar surface area (TPSA) is 35.5 Å². The lowest BCUT2D eigenvalue weighted by molar-refractivity contribution is 0.103. The van der Waals surface area contributed by atoms with Gasteiger partial charge in [-0.05, 0) is 40.2 Å². The molecule has 2 aromatic rings. The maximum Gasteiger partial charge on any atom is 0.197 e. The van der Waals surface area contributed by atoms with Gasteiger partial charge in [-0.3, -0.25) is 4.79 Å². The highest BCUT2D eigenvalue weighted by Crippen LogP contribution is 2.34. The van der Waals surface area contributed by atoms with Crippen LogP contribution in [-0.2, 0) is 0 Å². The Bertz CT molecular complexity index is 704. The molecular weight excluding hydrogens is 363 g/mol. The summed E-state index contributed by atoms with van der Waals surface area (Å²) in [5.41, 5.74) is 0.589. The number of hydrogen-bond donors (Lipinski definition) is 0. The van der Waals surface area contributed by atoms with Crippen LogP contribution >= 0.6 is 27.5 Å². The molecule has 0 atom stereocenters. The van der Waals surface area contributed by atoms with Crippen molar-refractivity contribution in [3.05, 3.63) is 56.8 Å². The fraction of sp³-hybridized carbons (Fsp3) is 0.133. The van der Waals surface area contributed by atoms with Crippen molar-refractivity contribution in [2.45, 2.75) is 0 Å². The van der Waals surface area contributed by atoms with Crippen LogP contribution in [0.5, 0.6) is 11.5 Å². The number of carbonyl (C=O) groups is 1. The third kappa shape index (κ3) is 3.19. The van der Waals surface area contributed by atoms with Crippen LogP contribution in [0.25, 0.3) is 0 Å². The van der Waals surface area contributed by atoms with Gasteiger partial charge in [-0.25, -0.2) is 4.39 Å². The number of methoxy groups -OCH3 is 2. The van der Waals surface area contributed by atoms with E-state index >= 15 is 0 Å². The number of rotatable bonds is 4. The lowest BCUT2D eigenvalue weighted by Gasteiger charge is -2.12. The van der Waals surface area contributed by atoms with Crippen LogP contribution in [0.2, 0.25) is 5.02 Å². The van der Waals surface area contributed by atoms with E-state index < -0.39 is 5.82 Å². The number of benzene rings is 2. The minimum Gasteiger partial charge on any atom is -0.497 e. The van der Waals surface area contributed by atoms with Crippen LogP contribution in [0, 0.1) is 5.82 Å². The zero-order chi connectivity index (χ0) is 15.6. The zero-order valence-corrected chi connectivity index (χ0v) is 13.6. The smallest absolute Gasteiger partial charge is 0.197 e. The van der Waals surface area contributed by atoms with Crippen LogP contribution in [0.4, 0.5) is 4.39 Å². The second-order valence-electron chi connectivity index (χ2n) is 4.14. The van der Waals surface area contributed by atoms with Gasteiger partial charge in [0.25, 0.3) is 0 Å². The van der Waals surface area contributed by atoms with Crippen molar-refractivity contribution in [2.24, 2.45) is 0 Å². The quantitative estimate of drug-likeness (QED) is 0.741. The monoisotopic (exact) mass is 372 g/mol. The molecule has 0 unspecified atom stereocenters. The summed E-state index contributed by atoms with van der Waals surface area (Å²) in [6.07, 6.45) is 0. The van der Waals surface area contributed by atoms with Gasteiger partial charge in [0.05, 0.1) is 24.8 Å². The van der Waals surface area contributed by atoms with Crippen LogP contribution < -0.4 is 9.47 Å². The molecule has 0 amide bonds. The Morgan fingerprint density at radius 2 is 1.90 bits per heavy atom. The first-order valence-electron chi connectivity index (χ1n) is 5.89. The molecule has 0 spiro atoms. The van der Waals surface area contributed by atoms with Gasteiger partial charge in [0, 0.05) is 16.1 Å². The highest BCUT2D eigenvalue weighted by molar-refractivity contribution is 9.10. The summed E-state index contributed by atoms with van der Waals surface area (Å²) in [5, 5.41) is -0.107. The Labute approximate surface area is 134 Å². The van der Waals surface area contributed by atoms with Crippen molar-refractivity contribution in [1.82, 2.24) is 0 Å². The Kier molecular flexibility index (Phi) is 4.85. The molecule has 0 aliphatic heterocycles. The molecule has 2 rings (SSSR count).